The molecule has 0 aromatic heterocycles. The number of hydrogen-bond acceptors (Lipinski definition) is 4. The van der Waals surface area contributed by atoms with E-state index in [2.05, 4.69) is 16.7 Å². The second-order valence-electron chi connectivity index (χ2n) is 5.45. The van der Waals surface area contributed by atoms with E-state index >= 15 is 0 Å². The molecule has 1 aliphatic rings. The molecular formula is C14H23N3O2S. The van der Waals surface area contributed by atoms with Gasteiger partial charge in [-0.25, -0.2) is 13.1 Å². The Morgan fingerprint density at radius 3 is 2.60 bits per heavy atom. The van der Waals surface area contributed by atoms with Gasteiger partial charge in [0.1, 0.15) is 0 Å². The molecule has 20 heavy (non-hydrogen) atoms. The van der Waals surface area contributed by atoms with Gasteiger partial charge >= 0.3 is 0 Å². The summed E-state index contributed by atoms with van der Waals surface area (Å²) in [6, 6.07) is 6.94. The third kappa shape index (κ3) is 4.02. The summed E-state index contributed by atoms with van der Waals surface area (Å²) in [5.74, 6) is 0.409. The van der Waals surface area contributed by atoms with Crippen molar-refractivity contribution >= 4 is 10.0 Å². The lowest BCUT2D eigenvalue weighted by Crippen LogP contribution is -2.30. The van der Waals surface area contributed by atoms with Crippen LogP contribution < -0.4 is 10.5 Å². The maximum Gasteiger partial charge on any atom is 0.240 e. The zero-order valence-electron chi connectivity index (χ0n) is 11.9. The van der Waals surface area contributed by atoms with E-state index in [-0.39, 0.29) is 0 Å². The van der Waals surface area contributed by atoms with Gasteiger partial charge in [0.05, 0.1) is 4.90 Å². The molecule has 1 aromatic rings. The van der Waals surface area contributed by atoms with E-state index in [4.69, 9.17) is 5.73 Å². The number of nitrogens with zero attached hydrogens (tertiary/aromatic N) is 1. The Kier molecular flexibility index (Phi) is 5.15. The minimum atomic E-state index is -3.40. The maximum atomic E-state index is 12.2. The van der Waals surface area contributed by atoms with Gasteiger partial charge in [-0.15, -0.1) is 0 Å². The Balaban J connectivity index is 1.95. The number of sulfonamides is 1. The van der Waals surface area contributed by atoms with Crippen molar-refractivity contribution in [2.45, 2.75) is 17.7 Å². The fourth-order valence-corrected chi connectivity index (χ4v) is 3.62. The minimum absolute atomic E-state index is 0.324. The van der Waals surface area contributed by atoms with Crippen molar-refractivity contribution in [3.05, 3.63) is 29.8 Å². The molecule has 112 valence electrons. The second-order valence-corrected chi connectivity index (χ2v) is 7.22. The van der Waals surface area contributed by atoms with Crippen molar-refractivity contribution in [2.24, 2.45) is 11.7 Å². The van der Waals surface area contributed by atoms with Crippen molar-refractivity contribution < 1.29 is 8.42 Å². The van der Waals surface area contributed by atoms with Gasteiger partial charge in [-0.05, 0) is 56.6 Å². The van der Waals surface area contributed by atoms with Gasteiger partial charge in [0.15, 0.2) is 0 Å². The Morgan fingerprint density at radius 2 is 2.05 bits per heavy atom. The van der Waals surface area contributed by atoms with Gasteiger partial charge in [-0.2, -0.15) is 0 Å². The Hall–Kier alpha value is -0.950. The first kappa shape index (κ1) is 15.4. The van der Waals surface area contributed by atoms with Crippen LogP contribution in [0, 0.1) is 5.92 Å². The average molecular weight is 297 g/mol. The number of rotatable bonds is 6. The Labute approximate surface area is 121 Å². The van der Waals surface area contributed by atoms with Gasteiger partial charge in [0.2, 0.25) is 10.0 Å². The fourth-order valence-electron chi connectivity index (χ4n) is 2.51. The molecule has 1 saturated heterocycles. The van der Waals surface area contributed by atoms with E-state index < -0.39 is 10.0 Å². The van der Waals surface area contributed by atoms with E-state index in [1.54, 1.807) is 12.1 Å². The SMILES string of the molecule is CN1CCC(CNS(=O)(=O)c2ccc(CCN)cc2)C1. The summed E-state index contributed by atoms with van der Waals surface area (Å²) in [7, 11) is -1.34. The number of nitrogens with two attached hydrogens (primary N) is 1. The lowest BCUT2D eigenvalue weighted by Gasteiger charge is -2.12. The van der Waals surface area contributed by atoms with Crippen molar-refractivity contribution in [1.29, 1.82) is 0 Å². The van der Waals surface area contributed by atoms with Crippen molar-refractivity contribution in [1.82, 2.24) is 9.62 Å². The highest BCUT2D eigenvalue weighted by molar-refractivity contribution is 7.89. The first-order chi connectivity index (χ1) is 9.51. The summed E-state index contributed by atoms with van der Waals surface area (Å²) in [5, 5.41) is 0. The largest absolute Gasteiger partial charge is 0.330 e. The second kappa shape index (κ2) is 6.67. The van der Waals surface area contributed by atoms with E-state index in [1.165, 1.54) is 0 Å². The molecule has 5 nitrogen and oxygen atoms in total. The number of likely N-dealkylation sites (tertiary alicyclic amines) is 1. The molecule has 6 heteroatoms. The fraction of sp³-hybridized carbons (Fsp3) is 0.571. The highest BCUT2D eigenvalue weighted by Gasteiger charge is 2.22. The van der Waals surface area contributed by atoms with Crippen molar-refractivity contribution in [3.63, 3.8) is 0 Å². The van der Waals surface area contributed by atoms with Crippen LogP contribution in [0.2, 0.25) is 0 Å². The molecule has 1 aromatic carbocycles. The average Bonchev–Trinajstić information content (AvgIpc) is 2.84. The van der Waals surface area contributed by atoms with Crippen LogP contribution in [0.1, 0.15) is 12.0 Å². The van der Waals surface area contributed by atoms with Crippen LogP contribution in [0.5, 0.6) is 0 Å². The van der Waals surface area contributed by atoms with Gasteiger partial charge in [-0.1, -0.05) is 12.1 Å². The molecule has 0 spiro atoms. The maximum absolute atomic E-state index is 12.2. The highest BCUT2D eigenvalue weighted by Crippen LogP contribution is 2.15. The molecule has 0 saturated carbocycles. The van der Waals surface area contributed by atoms with Crippen LogP contribution in [0.3, 0.4) is 0 Å². The predicted octanol–water partition coefficient (Wildman–Crippen LogP) is 0.418. The lowest BCUT2D eigenvalue weighted by molar-refractivity contribution is 0.394. The molecule has 2 rings (SSSR count). The molecule has 0 radical (unpaired) electrons. The predicted molar refractivity (Wildman–Crippen MR) is 80.0 cm³/mol. The molecule has 1 heterocycles. The molecule has 1 fully saturated rings. The monoisotopic (exact) mass is 297 g/mol. The first-order valence-corrected chi connectivity index (χ1v) is 8.47. The molecular weight excluding hydrogens is 274 g/mol. The Bertz CT molecular complexity index is 528. The summed E-state index contributed by atoms with van der Waals surface area (Å²) >= 11 is 0. The quantitative estimate of drug-likeness (QED) is 0.798. The van der Waals surface area contributed by atoms with Crippen LogP contribution in [-0.4, -0.2) is 46.5 Å². The molecule has 1 unspecified atom stereocenters. The van der Waals surface area contributed by atoms with Crippen LogP contribution in [0.25, 0.3) is 0 Å². The molecule has 0 aliphatic carbocycles. The molecule has 1 atom stereocenters. The van der Waals surface area contributed by atoms with Gasteiger partial charge in [0, 0.05) is 13.1 Å². The summed E-state index contributed by atoms with van der Waals surface area (Å²) in [6.45, 7) is 3.08. The molecule has 1 aliphatic heterocycles. The summed E-state index contributed by atoms with van der Waals surface area (Å²) in [5.41, 5.74) is 6.54. The van der Waals surface area contributed by atoms with Crippen LogP contribution in [-0.2, 0) is 16.4 Å². The van der Waals surface area contributed by atoms with E-state index in [1.807, 2.05) is 12.1 Å². The summed E-state index contributed by atoms with van der Waals surface area (Å²) in [6.07, 6.45) is 1.82. The third-order valence-electron chi connectivity index (χ3n) is 3.72. The normalized spacial score (nSPS) is 20.4. The Morgan fingerprint density at radius 1 is 1.35 bits per heavy atom. The molecule has 0 amide bonds. The van der Waals surface area contributed by atoms with Crippen LogP contribution in [0.4, 0.5) is 0 Å². The van der Waals surface area contributed by atoms with E-state index in [9.17, 15) is 8.42 Å². The lowest BCUT2D eigenvalue weighted by atomic mass is 10.1. The van der Waals surface area contributed by atoms with Crippen LogP contribution >= 0.6 is 0 Å². The van der Waals surface area contributed by atoms with Gasteiger partial charge in [0.25, 0.3) is 0 Å². The summed E-state index contributed by atoms with van der Waals surface area (Å²) in [4.78, 5) is 2.55. The standard InChI is InChI=1S/C14H23N3O2S/c1-17-9-7-13(11-17)10-16-20(18,19)14-4-2-12(3-5-14)6-8-15/h2-5,13,16H,6-11,15H2,1H3. The zero-order chi connectivity index (χ0) is 14.6. The van der Waals surface area contributed by atoms with E-state index in [0.29, 0.717) is 23.9 Å². The first-order valence-electron chi connectivity index (χ1n) is 6.98. The third-order valence-corrected chi connectivity index (χ3v) is 5.16. The van der Waals surface area contributed by atoms with Gasteiger partial charge in [-0.3, -0.25) is 0 Å². The van der Waals surface area contributed by atoms with Crippen LogP contribution in [0.15, 0.2) is 29.2 Å². The topological polar surface area (TPSA) is 75.4 Å². The number of nitrogens with one attached hydrogen (secondary N) is 1. The van der Waals surface area contributed by atoms with E-state index in [0.717, 1.165) is 31.5 Å². The minimum Gasteiger partial charge on any atom is -0.330 e. The summed E-state index contributed by atoms with van der Waals surface area (Å²) < 4.78 is 27.1. The van der Waals surface area contributed by atoms with Gasteiger partial charge < -0.3 is 10.6 Å². The van der Waals surface area contributed by atoms with Crippen molar-refractivity contribution in [2.75, 3.05) is 33.2 Å². The molecule has 0 bridgehead atoms. The zero-order valence-corrected chi connectivity index (χ0v) is 12.7. The highest BCUT2D eigenvalue weighted by atomic mass is 32.2. The van der Waals surface area contributed by atoms with Crippen molar-refractivity contribution in [3.8, 4) is 0 Å². The number of hydrogen-bond donors (Lipinski definition) is 2. The molecule has 3 N–H and O–H groups in total. The number of benzene rings is 1. The smallest absolute Gasteiger partial charge is 0.240 e.